The minimum Gasteiger partial charge on any atom is -1.00 e. The van der Waals surface area contributed by atoms with Gasteiger partial charge in [0.25, 0.3) is 0 Å². The summed E-state index contributed by atoms with van der Waals surface area (Å²) in [6.07, 6.45) is 0. The van der Waals surface area contributed by atoms with Crippen LogP contribution < -0.4 is 17.7 Å². The van der Waals surface area contributed by atoms with Crippen molar-refractivity contribution in [3.05, 3.63) is 83.4 Å². The first kappa shape index (κ1) is 19.8. The maximum absolute atomic E-state index is 11.7. The fourth-order valence-electron chi connectivity index (χ4n) is 2.85. The van der Waals surface area contributed by atoms with Gasteiger partial charge in [0.05, 0.1) is 5.52 Å². The number of nitrogens with one attached hydrogen (secondary N) is 1. The molecule has 6 heteroatoms. The maximum Gasteiger partial charge on any atom is 0.162 e. The highest BCUT2D eigenvalue weighted by Gasteiger charge is 2.10. The number of halogens is 2. The van der Waals surface area contributed by atoms with E-state index in [0.717, 1.165) is 22.2 Å². The number of benzene rings is 3. The van der Waals surface area contributed by atoms with E-state index in [-0.39, 0.29) is 18.2 Å². The van der Waals surface area contributed by atoms with E-state index < -0.39 is 0 Å². The van der Waals surface area contributed by atoms with E-state index in [1.807, 2.05) is 66.7 Å². The predicted octanol–water partition coefficient (Wildman–Crippen LogP) is 2.90. The molecule has 3 aromatic carbocycles. The van der Waals surface area contributed by atoms with Crippen LogP contribution in [0.15, 0.2) is 72.8 Å². The van der Waals surface area contributed by atoms with Gasteiger partial charge in [-0.25, -0.2) is 9.97 Å². The second-order valence-corrected chi connectivity index (χ2v) is 6.62. The Morgan fingerprint density at radius 1 is 0.929 bits per heavy atom. The molecule has 1 heterocycles. The Morgan fingerprint density at radius 2 is 1.68 bits per heavy atom. The standard InChI is InChI=1S/C22H16ClN3O.ClH/c1-14(27)16-5-4-6-18(13-16)24-22-19-7-2-3-8-20(19)25-21(26-22)15-9-11-17(23)12-10-15;/h2-13H,1H3,(H,24,25,26);1H/p-1. The highest BCUT2D eigenvalue weighted by Crippen LogP contribution is 2.28. The third-order valence-electron chi connectivity index (χ3n) is 4.24. The lowest BCUT2D eigenvalue weighted by Gasteiger charge is -2.12. The molecule has 0 aliphatic heterocycles. The first-order valence-corrected chi connectivity index (χ1v) is 8.89. The molecule has 0 aliphatic carbocycles. The van der Waals surface area contributed by atoms with E-state index in [4.69, 9.17) is 16.6 Å². The molecule has 0 saturated heterocycles. The van der Waals surface area contributed by atoms with E-state index in [0.29, 0.717) is 22.2 Å². The number of ketones is 1. The van der Waals surface area contributed by atoms with Gasteiger partial charge in [-0.1, -0.05) is 35.9 Å². The summed E-state index contributed by atoms with van der Waals surface area (Å²) in [5.74, 6) is 1.31. The smallest absolute Gasteiger partial charge is 0.162 e. The zero-order valence-corrected chi connectivity index (χ0v) is 16.5. The van der Waals surface area contributed by atoms with Gasteiger partial charge in [-0.15, -0.1) is 0 Å². The minimum absolute atomic E-state index is 0. The number of aromatic nitrogens is 2. The molecule has 4 nitrogen and oxygen atoms in total. The van der Waals surface area contributed by atoms with E-state index in [9.17, 15) is 4.79 Å². The number of carbonyl (C=O) groups excluding carboxylic acids is 1. The van der Waals surface area contributed by atoms with Crippen LogP contribution in [0.3, 0.4) is 0 Å². The number of rotatable bonds is 4. The molecular formula is C22H16Cl2N3O-. The number of hydrogen-bond donors (Lipinski definition) is 1. The number of para-hydroxylation sites is 1. The summed E-state index contributed by atoms with van der Waals surface area (Å²) in [4.78, 5) is 21.1. The Morgan fingerprint density at radius 3 is 2.43 bits per heavy atom. The minimum atomic E-state index is 0. The van der Waals surface area contributed by atoms with Gasteiger partial charge in [-0.3, -0.25) is 4.79 Å². The Balaban J connectivity index is 0.00000225. The van der Waals surface area contributed by atoms with Crippen molar-refractivity contribution in [2.45, 2.75) is 6.92 Å². The fourth-order valence-corrected chi connectivity index (χ4v) is 2.98. The van der Waals surface area contributed by atoms with Crippen molar-refractivity contribution in [1.82, 2.24) is 9.97 Å². The molecule has 0 atom stereocenters. The molecule has 4 aromatic rings. The van der Waals surface area contributed by atoms with Crippen molar-refractivity contribution in [3.8, 4) is 11.4 Å². The van der Waals surface area contributed by atoms with Gasteiger partial charge >= 0.3 is 0 Å². The Labute approximate surface area is 174 Å². The van der Waals surface area contributed by atoms with Crippen LogP contribution in [0.25, 0.3) is 22.3 Å². The lowest BCUT2D eigenvalue weighted by Crippen LogP contribution is -3.00. The number of carbonyl (C=O) groups is 1. The van der Waals surface area contributed by atoms with E-state index >= 15 is 0 Å². The lowest BCUT2D eigenvalue weighted by atomic mass is 10.1. The number of nitrogens with zero attached hydrogens (tertiary/aromatic N) is 2. The summed E-state index contributed by atoms with van der Waals surface area (Å²) in [7, 11) is 0. The average Bonchev–Trinajstić information content (AvgIpc) is 2.68. The second kappa shape index (κ2) is 8.38. The SMILES string of the molecule is CC(=O)c1cccc(Nc2nc(-c3ccc(Cl)cc3)nc3ccccc23)c1.[Cl-]. The van der Waals surface area contributed by atoms with Crippen LogP contribution in [0.4, 0.5) is 11.5 Å². The molecule has 0 amide bonds. The van der Waals surface area contributed by atoms with Crippen molar-refractivity contribution in [2.75, 3.05) is 5.32 Å². The molecule has 28 heavy (non-hydrogen) atoms. The fraction of sp³-hybridized carbons (Fsp3) is 0.0455. The summed E-state index contributed by atoms with van der Waals surface area (Å²) >= 11 is 5.99. The number of fused-ring (bicyclic) bond motifs is 1. The van der Waals surface area contributed by atoms with Gasteiger partial charge in [0.2, 0.25) is 0 Å². The monoisotopic (exact) mass is 408 g/mol. The molecule has 0 bridgehead atoms. The molecule has 0 saturated carbocycles. The number of Topliss-reactive ketones (excluding diaryl/α,β-unsaturated/α-hetero) is 1. The summed E-state index contributed by atoms with van der Waals surface area (Å²) in [5, 5.41) is 4.91. The molecule has 140 valence electrons. The molecule has 0 aliphatic rings. The summed E-state index contributed by atoms with van der Waals surface area (Å²) in [5.41, 5.74) is 3.17. The van der Waals surface area contributed by atoms with Crippen molar-refractivity contribution in [2.24, 2.45) is 0 Å². The van der Waals surface area contributed by atoms with Crippen LogP contribution >= 0.6 is 11.6 Å². The highest BCUT2D eigenvalue weighted by molar-refractivity contribution is 6.30. The van der Waals surface area contributed by atoms with Gasteiger partial charge in [0.15, 0.2) is 11.6 Å². The van der Waals surface area contributed by atoms with E-state index in [2.05, 4.69) is 10.3 Å². The van der Waals surface area contributed by atoms with Crippen molar-refractivity contribution < 1.29 is 17.2 Å². The number of anilines is 2. The van der Waals surface area contributed by atoms with Crippen molar-refractivity contribution in [3.63, 3.8) is 0 Å². The van der Waals surface area contributed by atoms with Crippen LogP contribution in [0, 0.1) is 0 Å². The Hall–Kier alpha value is -2.95. The summed E-state index contributed by atoms with van der Waals surface area (Å²) < 4.78 is 0. The van der Waals surface area contributed by atoms with Crippen LogP contribution in [0.1, 0.15) is 17.3 Å². The molecule has 0 unspecified atom stereocenters. The van der Waals surface area contributed by atoms with Crippen molar-refractivity contribution >= 4 is 39.8 Å². The molecule has 0 fully saturated rings. The quantitative estimate of drug-likeness (QED) is 0.527. The molecule has 0 spiro atoms. The lowest BCUT2D eigenvalue weighted by molar-refractivity contribution is -0.0000133. The summed E-state index contributed by atoms with van der Waals surface area (Å²) in [6, 6.07) is 22.6. The molecule has 1 aromatic heterocycles. The van der Waals surface area contributed by atoms with E-state index in [1.165, 1.54) is 0 Å². The first-order valence-electron chi connectivity index (χ1n) is 8.51. The van der Waals surface area contributed by atoms with Crippen LogP contribution in [-0.2, 0) is 0 Å². The van der Waals surface area contributed by atoms with Gasteiger partial charge in [-0.05, 0) is 55.5 Å². The zero-order chi connectivity index (χ0) is 18.8. The Kier molecular flexibility index (Phi) is 5.93. The highest BCUT2D eigenvalue weighted by atomic mass is 35.5. The van der Waals surface area contributed by atoms with Crippen LogP contribution in [-0.4, -0.2) is 15.8 Å². The molecule has 0 radical (unpaired) electrons. The largest absolute Gasteiger partial charge is 1.00 e. The first-order chi connectivity index (χ1) is 13.1. The van der Waals surface area contributed by atoms with Gasteiger partial charge in [0, 0.05) is 27.2 Å². The third kappa shape index (κ3) is 4.14. The molecule has 1 N–H and O–H groups in total. The van der Waals surface area contributed by atoms with Gasteiger partial charge in [-0.2, -0.15) is 0 Å². The summed E-state index contributed by atoms with van der Waals surface area (Å²) in [6.45, 7) is 1.55. The average molecular weight is 409 g/mol. The predicted molar refractivity (Wildman–Crippen MR) is 110 cm³/mol. The Bertz CT molecular complexity index is 1140. The van der Waals surface area contributed by atoms with Crippen molar-refractivity contribution in [1.29, 1.82) is 0 Å². The van der Waals surface area contributed by atoms with Crippen LogP contribution in [0.2, 0.25) is 5.02 Å². The third-order valence-corrected chi connectivity index (χ3v) is 4.49. The van der Waals surface area contributed by atoms with Gasteiger partial charge < -0.3 is 17.7 Å². The second-order valence-electron chi connectivity index (χ2n) is 6.18. The van der Waals surface area contributed by atoms with E-state index in [1.54, 1.807) is 13.0 Å². The molecular weight excluding hydrogens is 393 g/mol. The van der Waals surface area contributed by atoms with Crippen LogP contribution in [0.5, 0.6) is 0 Å². The normalized spacial score (nSPS) is 10.4. The maximum atomic E-state index is 11.7. The van der Waals surface area contributed by atoms with Gasteiger partial charge in [0.1, 0.15) is 5.82 Å². The zero-order valence-electron chi connectivity index (χ0n) is 15.0. The number of hydrogen-bond acceptors (Lipinski definition) is 4. The topological polar surface area (TPSA) is 54.9 Å². The molecule has 4 rings (SSSR count).